The summed E-state index contributed by atoms with van der Waals surface area (Å²) < 4.78 is 4.89. The maximum Gasteiger partial charge on any atom is 0.338 e. The van der Waals surface area contributed by atoms with Gasteiger partial charge in [0.25, 0.3) is 0 Å². The molecule has 0 unspecified atom stereocenters. The maximum atomic E-state index is 11.9. The van der Waals surface area contributed by atoms with Crippen molar-refractivity contribution >= 4 is 29.4 Å². The van der Waals surface area contributed by atoms with Crippen LogP contribution in [0.25, 0.3) is 0 Å². The molecular weight excluding hydrogens is 300 g/mol. The summed E-state index contributed by atoms with van der Waals surface area (Å²) in [6.45, 7) is 2.05. The number of carbonyl (C=O) groups is 4. The average Bonchev–Trinajstić information content (AvgIpc) is 2.84. The lowest BCUT2D eigenvalue weighted by Gasteiger charge is -2.13. The molecule has 0 spiro atoms. The fourth-order valence-corrected chi connectivity index (χ4v) is 2.25. The van der Waals surface area contributed by atoms with Crippen molar-refractivity contribution in [2.75, 3.05) is 18.5 Å². The van der Waals surface area contributed by atoms with Gasteiger partial charge in [0.15, 0.2) is 0 Å². The smallest absolute Gasteiger partial charge is 0.338 e. The van der Waals surface area contributed by atoms with Crippen molar-refractivity contribution < 1.29 is 23.9 Å². The van der Waals surface area contributed by atoms with E-state index in [1.807, 2.05) is 0 Å². The molecule has 1 aromatic rings. The predicted octanol–water partition coefficient (Wildman–Crippen LogP) is 1.34. The van der Waals surface area contributed by atoms with Gasteiger partial charge in [0.1, 0.15) is 0 Å². The molecule has 0 aromatic heterocycles. The number of carbonyl (C=O) groups excluding carboxylic acids is 4. The molecule has 0 bridgehead atoms. The van der Waals surface area contributed by atoms with Crippen LogP contribution in [0, 0.1) is 0 Å². The Hall–Kier alpha value is -2.70. The number of anilines is 1. The highest BCUT2D eigenvalue weighted by Gasteiger charge is 2.28. The second kappa shape index (κ2) is 7.53. The number of nitrogens with zero attached hydrogens (tertiary/aromatic N) is 1. The van der Waals surface area contributed by atoms with E-state index in [1.54, 1.807) is 25.1 Å². The van der Waals surface area contributed by atoms with Gasteiger partial charge in [-0.15, -0.1) is 0 Å². The Kier molecular flexibility index (Phi) is 5.46. The summed E-state index contributed by atoms with van der Waals surface area (Å²) in [7, 11) is 0. The molecule has 1 aliphatic heterocycles. The summed E-state index contributed by atoms with van der Waals surface area (Å²) in [6, 6.07) is 6.39. The number of likely N-dealkylation sites (tertiary alicyclic amines) is 1. The molecule has 3 amide bonds. The number of amides is 3. The number of ether oxygens (including phenoxy) is 1. The van der Waals surface area contributed by atoms with Crippen LogP contribution in [-0.4, -0.2) is 41.7 Å². The number of esters is 1. The molecule has 7 heteroatoms. The van der Waals surface area contributed by atoms with E-state index < -0.39 is 5.97 Å². The van der Waals surface area contributed by atoms with Crippen molar-refractivity contribution in [1.82, 2.24) is 4.90 Å². The molecule has 1 aliphatic rings. The summed E-state index contributed by atoms with van der Waals surface area (Å²) in [6.07, 6.45) is 0.436. The van der Waals surface area contributed by atoms with Gasteiger partial charge < -0.3 is 10.1 Å². The Morgan fingerprint density at radius 1 is 1.22 bits per heavy atom. The summed E-state index contributed by atoms with van der Waals surface area (Å²) in [4.78, 5) is 47.6. The third kappa shape index (κ3) is 4.38. The second-order valence-corrected chi connectivity index (χ2v) is 5.04. The summed E-state index contributed by atoms with van der Waals surface area (Å²) in [5, 5.41) is 2.64. The Balaban J connectivity index is 1.90. The van der Waals surface area contributed by atoms with Gasteiger partial charge in [-0.3, -0.25) is 19.3 Å². The number of rotatable bonds is 6. The van der Waals surface area contributed by atoms with E-state index in [0.717, 1.165) is 4.90 Å². The van der Waals surface area contributed by atoms with Crippen molar-refractivity contribution in [3.05, 3.63) is 29.8 Å². The lowest BCUT2D eigenvalue weighted by molar-refractivity contribution is -0.138. The molecule has 0 saturated carbocycles. The first-order chi connectivity index (χ1) is 11.0. The molecule has 1 saturated heterocycles. The van der Waals surface area contributed by atoms with E-state index in [4.69, 9.17) is 4.74 Å². The third-order valence-electron chi connectivity index (χ3n) is 3.37. The molecule has 2 rings (SSSR count). The first kappa shape index (κ1) is 16.7. The van der Waals surface area contributed by atoms with Crippen LogP contribution in [0.4, 0.5) is 5.69 Å². The minimum atomic E-state index is -0.461. The number of imide groups is 1. The Morgan fingerprint density at radius 2 is 1.91 bits per heavy atom. The van der Waals surface area contributed by atoms with Crippen LogP contribution < -0.4 is 5.32 Å². The molecule has 7 nitrogen and oxygen atoms in total. The molecule has 1 fully saturated rings. The summed E-state index contributed by atoms with van der Waals surface area (Å²) >= 11 is 0. The van der Waals surface area contributed by atoms with E-state index in [2.05, 4.69) is 5.32 Å². The molecule has 0 aliphatic carbocycles. The monoisotopic (exact) mass is 318 g/mol. The second-order valence-electron chi connectivity index (χ2n) is 5.04. The lowest BCUT2D eigenvalue weighted by atomic mass is 10.2. The molecule has 1 aromatic carbocycles. The first-order valence-electron chi connectivity index (χ1n) is 7.41. The van der Waals surface area contributed by atoms with Gasteiger partial charge in [0, 0.05) is 31.5 Å². The van der Waals surface area contributed by atoms with Gasteiger partial charge >= 0.3 is 5.97 Å². The van der Waals surface area contributed by atoms with Crippen LogP contribution in [0.3, 0.4) is 0 Å². The lowest BCUT2D eigenvalue weighted by Crippen LogP contribution is -2.32. The molecule has 23 heavy (non-hydrogen) atoms. The minimum absolute atomic E-state index is 0.0150. The fraction of sp³-hybridized carbons (Fsp3) is 0.375. The zero-order valence-corrected chi connectivity index (χ0v) is 12.8. The van der Waals surface area contributed by atoms with Gasteiger partial charge in [0.05, 0.1) is 12.2 Å². The highest BCUT2D eigenvalue weighted by molar-refractivity contribution is 6.02. The average molecular weight is 318 g/mol. The highest BCUT2D eigenvalue weighted by Crippen LogP contribution is 2.14. The molecule has 0 atom stereocenters. The minimum Gasteiger partial charge on any atom is -0.462 e. The third-order valence-corrected chi connectivity index (χ3v) is 3.37. The zero-order chi connectivity index (χ0) is 16.8. The Labute approximate surface area is 133 Å². The van der Waals surface area contributed by atoms with Gasteiger partial charge in [-0.25, -0.2) is 4.79 Å². The van der Waals surface area contributed by atoms with Crippen LogP contribution >= 0.6 is 0 Å². The van der Waals surface area contributed by atoms with Gasteiger partial charge in [-0.1, -0.05) is 6.07 Å². The predicted molar refractivity (Wildman–Crippen MR) is 81.6 cm³/mol. The zero-order valence-electron chi connectivity index (χ0n) is 12.8. The standard InChI is InChI=1S/C16H18N2O5/c1-2-23-16(22)11-4-3-5-12(10-11)17-13(19)8-9-18-14(20)6-7-15(18)21/h3-5,10H,2,6-9H2,1H3,(H,17,19). The first-order valence-corrected chi connectivity index (χ1v) is 7.41. The van der Waals surface area contributed by atoms with Crippen LogP contribution in [0.5, 0.6) is 0 Å². The van der Waals surface area contributed by atoms with Crippen molar-refractivity contribution in [2.45, 2.75) is 26.2 Å². The van der Waals surface area contributed by atoms with Crippen molar-refractivity contribution in [3.8, 4) is 0 Å². The van der Waals surface area contributed by atoms with Gasteiger partial charge in [-0.2, -0.15) is 0 Å². The van der Waals surface area contributed by atoms with Crippen LogP contribution in [0.15, 0.2) is 24.3 Å². The van der Waals surface area contributed by atoms with Crippen LogP contribution in [-0.2, 0) is 19.1 Å². The van der Waals surface area contributed by atoms with Gasteiger partial charge in [0.2, 0.25) is 17.7 Å². The Morgan fingerprint density at radius 3 is 2.57 bits per heavy atom. The van der Waals surface area contributed by atoms with Gasteiger partial charge in [-0.05, 0) is 25.1 Å². The van der Waals surface area contributed by atoms with E-state index in [-0.39, 0.29) is 50.1 Å². The van der Waals surface area contributed by atoms with E-state index >= 15 is 0 Å². The number of hydrogen-bond acceptors (Lipinski definition) is 5. The van der Waals surface area contributed by atoms with E-state index in [9.17, 15) is 19.2 Å². The molecular formula is C16H18N2O5. The topological polar surface area (TPSA) is 92.8 Å². The molecule has 0 radical (unpaired) electrons. The molecule has 122 valence electrons. The fourth-order valence-electron chi connectivity index (χ4n) is 2.25. The number of hydrogen-bond donors (Lipinski definition) is 1. The largest absolute Gasteiger partial charge is 0.462 e. The number of nitrogens with one attached hydrogen (secondary N) is 1. The quantitative estimate of drug-likeness (QED) is 0.631. The van der Waals surface area contributed by atoms with Crippen molar-refractivity contribution in [2.24, 2.45) is 0 Å². The maximum absolute atomic E-state index is 11.9. The summed E-state index contributed by atoms with van der Waals surface area (Å²) in [5.74, 6) is -1.28. The van der Waals surface area contributed by atoms with Crippen LogP contribution in [0.1, 0.15) is 36.5 Å². The van der Waals surface area contributed by atoms with E-state index in [1.165, 1.54) is 6.07 Å². The van der Waals surface area contributed by atoms with Crippen molar-refractivity contribution in [1.29, 1.82) is 0 Å². The van der Waals surface area contributed by atoms with Crippen LogP contribution in [0.2, 0.25) is 0 Å². The summed E-state index contributed by atoms with van der Waals surface area (Å²) in [5.41, 5.74) is 0.800. The Bertz CT molecular complexity index is 625. The highest BCUT2D eigenvalue weighted by atomic mass is 16.5. The normalized spacial score (nSPS) is 14.0. The van der Waals surface area contributed by atoms with E-state index in [0.29, 0.717) is 11.3 Å². The molecule has 1 N–H and O–H groups in total. The molecule has 1 heterocycles. The SMILES string of the molecule is CCOC(=O)c1cccc(NC(=O)CCN2C(=O)CCC2=O)c1. The number of benzene rings is 1. The van der Waals surface area contributed by atoms with Crippen molar-refractivity contribution in [3.63, 3.8) is 0 Å².